The normalized spacial score (nSPS) is 16.1. The van der Waals surface area contributed by atoms with Crippen LogP contribution in [0.3, 0.4) is 0 Å². The molecule has 0 radical (unpaired) electrons. The van der Waals surface area contributed by atoms with E-state index in [2.05, 4.69) is 130 Å². The third-order valence-corrected chi connectivity index (χ3v) is 38.5. The summed E-state index contributed by atoms with van der Waals surface area (Å²) in [5.74, 6) is 0. The van der Waals surface area contributed by atoms with Crippen LogP contribution in [0.4, 0.5) is 0 Å². The summed E-state index contributed by atoms with van der Waals surface area (Å²) in [5.41, 5.74) is 0. The Morgan fingerprint density at radius 2 is 0.690 bits per heavy atom. The van der Waals surface area contributed by atoms with Gasteiger partial charge < -0.3 is 16.6 Å². The van der Waals surface area contributed by atoms with Gasteiger partial charge in [0.2, 0.25) is 0 Å². The SMILES string of the molecule is C[Si](C)(C)N[Si](O[Si](C)(C)C)(N([Si](C)(C)C)[Si](C)(C)C)N([Si](C)(C)C)[Si](C)(C)C. The van der Waals surface area contributed by atoms with Crippen LogP contribution in [0.1, 0.15) is 0 Å². The van der Waals surface area contributed by atoms with Gasteiger partial charge in [0.25, 0.3) is 0 Å². The van der Waals surface area contributed by atoms with Gasteiger partial charge in [-0.15, -0.1) is 0 Å². The second-order valence-electron chi connectivity index (χ2n) is 14.6. The van der Waals surface area contributed by atoms with Crippen molar-refractivity contribution >= 4 is 58.3 Å². The van der Waals surface area contributed by atoms with Crippen molar-refractivity contribution in [3.05, 3.63) is 0 Å². The second-order valence-corrected chi connectivity index (χ2v) is 49.0. The molecule has 0 aliphatic rings. The van der Waals surface area contributed by atoms with Crippen molar-refractivity contribution in [2.45, 2.75) is 118 Å². The Morgan fingerprint density at radius 1 is 0.448 bits per heavy atom. The van der Waals surface area contributed by atoms with Gasteiger partial charge in [0.05, 0.1) is 0 Å². The van der Waals surface area contributed by atoms with Crippen LogP contribution in [-0.4, -0.2) is 66.1 Å². The molecule has 176 valence electrons. The van der Waals surface area contributed by atoms with Crippen LogP contribution < -0.4 is 4.65 Å². The van der Waals surface area contributed by atoms with E-state index in [0.29, 0.717) is 0 Å². The zero-order valence-electron chi connectivity index (χ0n) is 23.3. The van der Waals surface area contributed by atoms with E-state index in [-0.39, 0.29) is 0 Å². The van der Waals surface area contributed by atoms with Gasteiger partial charge in [0.1, 0.15) is 41.2 Å². The molecule has 0 aromatic rings. The van der Waals surface area contributed by atoms with Gasteiger partial charge in [0, 0.05) is 0 Å². The molecule has 0 atom stereocenters. The van der Waals surface area contributed by atoms with Crippen LogP contribution in [-0.2, 0) is 4.12 Å². The first-order valence-corrected chi connectivity index (χ1v) is 33.7. The van der Waals surface area contributed by atoms with E-state index in [1.807, 2.05) is 0 Å². The Bertz CT molecular complexity index is 469. The first-order chi connectivity index (χ1) is 12.1. The van der Waals surface area contributed by atoms with Crippen molar-refractivity contribution < 1.29 is 4.12 Å². The molecule has 0 aliphatic heterocycles. The molecule has 0 aromatic heterocycles. The minimum Gasteiger partial charge on any atom is -0.424 e. The first-order valence-electron chi connectivity index (χ1n) is 11.2. The fourth-order valence-corrected chi connectivity index (χ4v) is 51.6. The van der Waals surface area contributed by atoms with Crippen molar-refractivity contribution in [2.75, 3.05) is 0 Å². The molecule has 0 amide bonds. The Kier molecular flexibility index (Phi) is 9.37. The first kappa shape index (κ1) is 30.4. The number of hydrogen-bond acceptors (Lipinski definition) is 4. The maximum absolute atomic E-state index is 7.62. The summed E-state index contributed by atoms with van der Waals surface area (Å²) in [6.07, 6.45) is 0. The number of rotatable bonds is 10. The summed E-state index contributed by atoms with van der Waals surface area (Å²) >= 11 is 0. The van der Waals surface area contributed by atoms with Crippen LogP contribution in [0.25, 0.3) is 0 Å². The molecule has 0 spiro atoms. The van der Waals surface area contributed by atoms with Gasteiger partial charge >= 0.3 is 8.80 Å². The van der Waals surface area contributed by atoms with Crippen LogP contribution >= 0.6 is 0 Å². The second kappa shape index (κ2) is 8.95. The Hall–Kier alpha value is 1.36. The molecule has 0 unspecified atom stereocenters. The predicted octanol–water partition coefficient (Wildman–Crippen LogP) is 6.64. The third kappa shape index (κ3) is 9.02. The van der Waals surface area contributed by atoms with E-state index in [9.17, 15) is 0 Å². The van der Waals surface area contributed by atoms with Crippen molar-refractivity contribution in [2.24, 2.45) is 0 Å². The lowest BCUT2D eigenvalue weighted by atomic mass is 11.8. The summed E-state index contributed by atoms with van der Waals surface area (Å²) in [4.78, 5) is 0. The molecule has 11 heteroatoms. The lowest BCUT2D eigenvalue weighted by Crippen LogP contribution is -2.93. The maximum Gasteiger partial charge on any atom is 0.401 e. The van der Waals surface area contributed by atoms with Crippen molar-refractivity contribution in [3.8, 4) is 0 Å². The molecule has 1 N–H and O–H groups in total. The smallest absolute Gasteiger partial charge is 0.401 e. The topological polar surface area (TPSA) is 27.7 Å². The largest absolute Gasteiger partial charge is 0.424 e. The van der Waals surface area contributed by atoms with Gasteiger partial charge in [-0.1, -0.05) is 98.2 Å². The number of nitrogens with zero attached hydrogens (tertiary/aromatic N) is 2. The molecule has 0 saturated heterocycles. The monoisotopic (exact) mass is 525 g/mol. The van der Waals surface area contributed by atoms with Gasteiger partial charge in [-0.3, -0.25) is 0 Å². The highest BCUT2D eigenvalue weighted by Crippen LogP contribution is 2.37. The molecule has 0 aromatic carbocycles. The third-order valence-electron chi connectivity index (χ3n) is 4.28. The summed E-state index contributed by atoms with van der Waals surface area (Å²) < 4.78 is 18.2. The molecule has 0 aliphatic carbocycles. The minimum absolute atomic E-state index is 1.62. The van der Waals surface area contributed by atoms with Crippen LogP contribution in [0.15, 0.2) is 0 Å². The zero-order chi connectivity index (χ0) is 24.1. The van der Waals surface area contributed by atoms with Crippen LogP contribution in [0, 0.1) is 0 Å². The summed E-state index contributed by atoms with van der Waals surface area (Å²) in [5, 5.41) is 0. The average molecular weight is 526 g/mol. The highest BCUT2D eigenvalue weighted by atomic mass is 28.6. The maximum atomic E-state index is 7.62. The highest BCUT2D eigenvalue weighted by Gasteiger charge is 2.64. The van der Waals surface area contributed by atoms with Gasteiger partial charge in [-0.25, -0.2) is 0 Å². The minimum atomic E-state index is -2.58. The molecule has 29 heavy (non-hydrogen) atoms. The Balaban J connectivity index is 7.55. The summed E-state index contributed by atoms with van der Waals surface area (Å²) in [6, 6.07) is 0. The summed E-state index contributed by atoms with van der Waals surface area (Å²) in [7, 11) is -12.6. The van der Waals surface area contributed by atoms with Crippen molar-refractivity contribution in [3.63, 3.8) is 0 Å². The number of nitrogens with one attached hydrogen (secondary N) is 1. The average Bonchev–Trinajstić information content (AvgIpc) is 2.10. The molecular formula is C18H55N3OSi7. The van der Waals surface area contributed by atoms with E-state index < -0.39 is 58.3 Å². The fraction of sp³-hybridized carbons (Fsp3) is 1.00. The lowest BCUT2D eigenvalue weighted by Gasteiger charge is -2.65. The Morgan fingerprint density at radius 3 is 0.828 bits per heavy atom. The fourth-order valence-electron chi connectivity index (χ4n) is 5.08. The van der Waals surface area contributed by atoms with Crippen molar-refractivity contribution in [1.82, 2.24) is 12.4 Å². The Labute approximate surface area is 192 Å². The standard InChI is InChI=1S/C18H55N3OSi7/c1-23(2,3)19-29(22-28(16,17)18,20(24(4,5)6)25(7,8)9)21(26(10,11)12)27(13,14)15/h19H,1-18H3. The van der Waals surface area contributed by atoms with E-state index in [0.717, 1.165) is 0 Å². The number of hydrogen-bond donors (Lipinski definition) is 1. The lowest BCUT2D eigenvalue weighted by molar-refractivity contribution is 0.431. The zero-order valence-corrected chi connectivity index (χ0v) is 30.3. The van der Waals surface area contributed by atoms with Crippen LogP contribution in [0.2, 0.25) is 118 Å². The molecule has 4 nitrogen and oxygen atoms in total. The van der Waals surface area contributed by atoms with E-state index >= 15 is 0 Å². The molecule has 0 bridgehead atoms. The van der Waals surface area contributed by atoms with Gasteiger partial charge in [-0.05, 0) is 19.6 Å². The van der Waals surface area contributed by atoms with E-state index in [1.54, 1.807) is 0 Å². The van der Waals surface area contributed by atoms with E-state index in [1.165, 1.54) is 0 Å². The summed E-state index contributed by atoms with van der Waals surface area (Å²) in [6.45, 7) is 45.3. The molecule has 0 fully saturated rings. The molecular weight excluding hydrogens is 471 g/mol. The van der Waals surface area contributed by atoms with Crippen molar-refractivity contribution in [1.29, 1.82) is 0 Å². The predicted molar refractivity (Wildman–Crippen MR) is 154 cm³/mol. The highest BCUT2D eigenvalue weighted by molar-refractivity contribution is 7.13. The van der Waals surface area contributed by atoms with Gasteiger partial charge in [-0.2, -0.15) is 0 Å². The van der Waals surface area contributed by atoms with Gasteiger partial charge in [0.15, 0.2) is 8.32 Å². The molecule has 0 rings (SSSR count). The van der Waals surface area contributed by atoms with Crippen LogP contribution in [0.5, 0.6) is 0 Å². The molecule has 0 saturated carbocycles. The molecule has 0 heterocycles. The quantitative estimate of drug-likeness (QED) is 0.323. The van der Waals surface area contributed by atoms with E-state index in [4.69, 9.17) is 4.12 Å².